The first-order chi connectivity index (χ1) is 10.6. The van der Waals surface area contributed by atoms with Crippen LogP contribution in [0.2, 0.25) is 0 Å². The van der Waals surface area contributed by atoms with Gasteiger partial charge in [0.15, 0.2) is 0 Å². The highest BCUT2D eigenvalue weighted by Gasteiger charge is 2.18. The van der Waals surface area contributed by atoms with Crippen LogP contribution in [0.25, 0.3) is 0 Å². The van der Waals surface area contributed by atoms with Crippen molar-refractivity contribution in [1.82, 2.24) is 0 Å². The van der Waals surface area contributed by atoms with Crippen LogP contribution in [-0.2, 0) is 0 Å². The molecule has 22 heavy (non-hydrogen) atoms. The Bertz CT molecular complexity index is 685. The van der Waals surface area contributed by atoms with Crippen molar-refractivity contribution < 1.29 is 13.6 Å². The Morgan fingerprint density at radius 2 is 1.73 bits per heavy atom. The molecule has 1 amide bonds. The van der Waals surface area contributed by atoms with E-state index in [1.165, 1.54) is 5.56 Å². The summed E-state index contributed by atoms with van der Waals surface area (Å²) in [6.07, 6.45) is 0. The second-order valence-electron chi connectivity index (χ2n) is 4.77. The van der Waals surface area contributed by atoms with Gasteiger partial charge in [-0.2, -0.15) is 0 Å². The highest BCUT2D eigenvalue weighted by atomic mass is 32.2. The molecule has 0 bridgehead atoms. The minimum atomic E-state index is -0.662. The Balaban J connectivity index is 1.73. The van der Waals surface area contributed by atoms with E-state index in [9.17, 15) is 13.6 Å². The van der Waals surface area contributed by atoms with Crippen LogP contribution in [0.1, 0.15) is 20.5 Å². The zero-order valence-electron chi connectivity index (χ0n) is 11.5. The predicted octanol–water partition coefficient (Wildman–Crippen LogP) is 4.70. The predicted molar refractivity (Wildman–Crippen MR) is 88.4 cm³/mol. The van der Waals surface area contributed by atoms with Gasteiger partial charge < -0.3 is 5.32 Å². The number of benzene rings is 2. The maximum atomic E-state index is 13.5. The molecule has 0 aliphatic carbocycles. The molecule has 3 rings (SSSR count). The molecular formula is C16H13F2NOS2. The van der Waals surface area contributed by atoms with E-state index in [1.54, 1.807) is 12.1 Å². The van der Waals surface area contributed by atoms with Crippen molar-refractivity contribution in [3.05, 3.63) is 65.2 Å². The summed E-state index contributed by atoms with van der Waals surface area (Å²) in [5, 5.41) is 2.39. The van der Waals surface area contributed by atoms with Crippen LogP contribution in [0, 0.1) is 11.6 Å². The number of carbonyl (C=O) groups excluding carboxylic acids is 1. The van der Waals surface area contributed by atoms with Gasteiger partial charge in [0, 0.05) is 23.1 Å². The molecule has 1 saturated heterocycles. The Morgan fingerprint density at radius 1 is 1.05 bits per heavy atom. The Labute approximate surface area is 135 Å². The molecule has 2 aromatic carbocycles. The molecule has 0 saturated carbocycles. The van der Waals surface area contributed by atoms with Gasteiger partial charge in [-0.25, -0.2) is 8.78 Å². The minimum Gasteiger partial charge on any atom is -0.319 e. The van der Waals surface area contributed by atoms with E-state index in [0.29, 0.717) is 10.1 Å². The summed E-state index contributed by atoms with van der Waals surface area (Å²) in [4.78, 5) is 12.1. The van der Waals surface area contributed by atoms with Crippen molar-refractivity contribution in [1.29, 1.82) is 0 Å². The molecule has 1 heterocycles. The maximum absolute atomic E-state index is 13.5. The first-order valence-corrected chi connectivity index (χ1v) is 8.83. The number of carbonyl (C=O) groups is 1. The van der Waals surface area contributed by atoms with E-state index in [4.69, 9.17) is 0 Å². The lowest BCUT2D eigenvalue weighted by Crippen LogP contribution is -2.13. The molecule has 2 aromatic rings. The van der Waals surface area contributed by atoms with Gasteiger partial charge in [0.2, 0.25) is 0 Å². The molecule has 2 nitrogen and oxygen atoms in total. The third-order valence-corrected chi connectivity index (χ3v) is 6.35. The zero-order valence-corrected chi connectivity index (χ0v) is 13.1. The van der Waals surface area contributed by atoms with E-state index >= 15 is 0 Å². The summed E-state index contributed by atoms with van der Waals surface area (Å²) in [7, 11) is 0. The van der Waals surface area contributed by atoms with Crippen LogP contribution in [-0.4, -0.2) is 17.4 Å². The van der Waals surface area contributed by atoms with Crippen molar-refractivity contribution in [2.45, 2.75) is 4.58 Å². The summed E-state index contributed by atoms with van der Waals surface area (Å²) in [6, 6.07) is 10.2. The lowest BCUT2D eigenvalue weighted by Gasteiger charge is -2.10. The Kier molecular flexibility index (Phi) is 4.69. The number of halogens is 2. The smallest absolute Gasteiger partial charge is 0.255 e. The highest BCUT2D eigenvalue weighted by Crippen LogP contribution is 2.45. The molecule has 1 fully saturated rings. The van der Waals surface area contributed by atoms with Crippen LogP contribution >= 0.6 is 23.5 Å². The first-order valence-electron chi connectivity index (χ1n) is 6.73. The van der Waals surface area contributed by atoms with Gasteiger partial charge in [-0.1, -0.05) is 12.1 Å². The van der Waals surface area contributed by atoms with Crippen molar-refractivity contribution in [3.63, 3.8) is 0 Å². The molecule has 6 heteroatoms. The zero-order chi connectivity index (χ0) is 15.5. The monoisotopic (exact) mass is 337 g/mol. The van der Waals surface area contributed by atoms with E-state index < -0.39 is 17.5 Å². The van der Waals surface area contributed by atoms with Gasteiger partial charge >= 0.3 is 0 Å². The number of anilines is 1. The number of hydrogen-bond donors (Lipinski definition) is 1. The largest absolute Gasteiger partial charge is 0.319 e. The Morgan fingerprint density at radius 3 is 2.41 bits per heavy atom. The summed E-state index contributed by atoms with van der Waals surface area (Å²) in [5.41, 5.74) is 1.43. The normalized spacial score (nSPS) is 15.0. The van der Waals surface area contributed by atoms with Gasteiger partial charge in [0.25, 0.3) is 5.91 Å². The summed E-state index contributed by atoms with van der Waals surface area (Å²) in [5.74, 6) is 0.558. The van der Waals surface area contributed by atoms with Gasteiger partial charge in [0.1, 0.15) is 11.6 Å². The topological polar surface area (TPSA) is 29.1 Å². The second kappa shape index (κ2) is 6.71. The standard InChI is InChI=1S/C16H13F2NOS2/c17-12-5-6-13(18)14(9-12)19-15(20)10-1-3-11(4-2-10)16-21-7-8-22-16/h1-6,9,16H,7-8H2,(H,19,20). The van der Waals surface area contributed by atoms with Gasteiger partial charge in [-0.15, -0.1) is 23.5 Å². The first kappa shape index (κ1) is 15.4. The fourth-order valence-corrected chi connectivity index (χ4v) is 4.99. The number of hydrogen-bond acceptors (Lipinski definition) is 3. The summed E-state index contributed by atoms with van der Waals surface area (Å²) < 4.78 is 27.0. The average Bonchev–Trinajstić information content (AvgIpc) is 3.05. The lowest BCUT2D eigenvalue weighted by atomic mass is 10.1. The number of thioether (sulfide) groups is 2. The van der Waals surface area contributed by atoms with Crippen LogP contribution < -0.4 is 5.32 Å². The number of amides is 1. The molecular weight excluding hydrogens is 324 g/mol. The van der Waals surface area contributed by atoms with Crippen molar-refractivity contribution in [2.75, 3.05) is 16.8 Å². The third-order valence-electron chi connectivity index (χ3n) is 3.24. The third kappa shape index (κ3) is 3.44. The van der Waals surface area contributed by atoms with E-state index in [-0.39, 0.29) is 5.69 Å². The molecule has 114 valence electrons. The molecule has 1 aliphatic heterocycles. The van der Waals surface area contributed by atoms with Crippen LogP contribution in [0.5, 0.6) is 0 Å². The SMILES string of the molecule is O=C(Nc1cc(F)ccc1F)c1ccc(C2SCCS2)cc1. The van der Waals surface area contributed by atoms with Crippen molar-refractivity contribution in [3.8, 4) is 0 Å². The van der Waals surface area contributed by atoms with Crippen molar-refractivity contribution >= 4 is 35.1 Å². The molecule has 0 unspecified atom stereocenters. The van der Waals surface area contributed by atoms with Crippen LogP contribution in [0.15, 0.2) is 42.5 Å². The second-order valence-corrected chi connectivity index (χ2v) is 7.50. The molecule has 1 aliphatic rings. The van der Waals surface area contributed by atoms with Crippen molar-refractivity contribution in [2.24, 2.45) is 0 Å². The summed E-state index contributed by atoms with van der Waals surface area (Å²) >= 11 is 3.77. The van der Waals surface area contributed by atoms with E-state index in [0.717, 1.165) is 29.7 Å². The quantitative estimate of drug-likeness (QED) is 0.880. The fraction of sp³-hybridized carbons (Fsp3) is 0.188. The summed E-state index contributed by atoms with van der Waals surface area (Å²) in [6.45, 7) is 0. The molecule has 0 aromatic heterocycles. The van der Waals surface area contributed by atoms with Gasteiger partial charge in [-0.05, 0) is 29.8 Å². The lowest BCUT2D eigenvalue weighted by molar-refractivity contribution is 0.102. The molecule has 0 spiro atoms. The van der Waals surface area contributed by atoms with Gasteiger partial charge in [0.05, 0.1) is 10.3 Å². The molecule has 0 atom stereocenters. The molecule has 0 radical (unpaired) electrons. The highest BCUT2D eigenvalue weighted by molar-refractivity contribution is 8.19. The minimum absolute atomic E-state index is 0.156. The molecule has 1 N–H and O–H groups in total. The van der Waals surface area contributed by atoms with Gasteiger partial charge in [-0.3, -0.25) is 4.79 Å². The van der Waals surface area contributed by atoms with Crippen LogP contribution in [0.4, 0.5) is 14.5 Å². The average molecular weight is 337 g/mol. The number of rotatable bonds is 3. The maximum Gasteiger partial charge on any atom is 0.255 e. The fourth-order valence-electron chi connectivity index (χ4n) is 2.13. The van der Waals surface area contributed by atoms with Crippen LogP contribution in [0.3, 0.4) is 0 Å². The Hall–Kier alpha value is -1.53. The number of nitrogens with one attached hydrogen (secondary N) is 1. The van der Waals surface area contributed by atoms with E-state index in [1.807, 2.05) is 35.7 Å². The van der Waals surface area contributed by atoms with E-state index in [2.05, 4.69) is 5.32 Å².